The number of fused-ring (bicyclic) bond motifs is 1. The SMILES string of the molecule is CC(C)CC(NC(=O)c1cnn2c1CCCC2)C(=O)O. The van der Waals surface area contributed by atoms with Crippen LogP contribution in [-0.4, -0.2) is 32.8 Å². The summed E-state index contributed by atoms with van der Waals surface area (Å²) in [5.74, 6) is -1.12. The lowest BCUT2D eigenvalue weighted by Gasteiger charge is -2.18. The van der Waals surface area contributed by atoms with E-state index in [1.165, 1.54) is 0 Å². The zero-order chi connectivity index (χ0) is 14.7. The Bertz CT molecular complexity index is 508. The van der Waals surface area contributed by atoms with Crippen molar-refractivity contribution in [2.45, 2.75) is 52.1 Å². The number of hydrogen-bond donors (Lipinski definition) is 2. The van der Waals surface area contributed by atoms with E-state index in [2.05, 4.69) is 10.4 Å². The number of carbonyl (C=O) groups is 2. The smallest absolute Gasteiger partial charge is 0.326 e. The summed E-state index contributed by atoms with van der Waals surface area (Å²) in [6.07, 6.45) is 4.90. The molecule has 2 N–H and O–H groups in total. The molecule has 0 aromatic carbocycles. The third-order valence-corrected chi connectivity index (χ3v) is 3.54. The Labute approximate surface area is 118 Å². The summed E-state index contributed by atoms with van der Waals surface area (Å²) in [4.78, 5) is 23.4. The van der Waals surface area contributed by atoms with Crippen LogP contribution in [0.3, 0.4) is 0 Å². The fourth-order valence-electron chi connectivity index (χ4n) is 2.54. The van der Waals surface area contributed by atoms with Crippen molar-refractivity contribution in [1.82, 2.24) is 15.1 Å². The van der Waals surface area contributed by atoms with Gasteiger partial charge in [0.15, 0.2) is 0 Å². The van der Waals surface area contributed by atoms with Crippen molar-refractivity contribution >= 4 is 11.9 Å². The van der Waals surface area contributed by atoms with Crippen molar-refractivity contribution in [2.24, 2.45) is 5.92 Å². The first-order valence-corrected chi connectivity index (χ1v) is 7.07. The number of amides is 1. The summed E-state index contributed by atoms with van der Waals surface area (Å²) in [5, 5.41) is 16.0. The van der Waals surface area contributed by atoms with Gasteiger partial charge >= 0.3 is 5.97 Å². The molecule has 1 atom stereocenters. The van der Waals surface area contributed by atoms with Gasteiger partial charge in [0.25, 0.3) is 5.91 Å². The molecular weight excluding hydrogens is 258 g/mol. The van der Waals surface area contributed by atoms with Gasteiger partial charge in [0.2, 0.25) is 0 Å². The lowest BCUT2D eigenvalue weighted by molar-refractivity contribution is -0.139. The number of aromatic nitrogens is 2. The van der Waals surface area contributed by atoms with Gasteiger partial charge in [0.05, 0.1) is 17.5 Å². The largest absolute Gasteiger partial charge is 0.480 e. The molecule has 2 rings (SSSR count). The molecule has 1 amide bonds. The van der Waals surface area contributed by atoms with Crippen molar-refractivity contribution in [2.75, 3.05) is 0 Å². The van der Waals surface area contributed by atoms with E-state index in [-0.39, 0.29) is 11.8 Å². The van der Waals surface area contributed by atoms with Crippen LogP contribution in [0.5, 0.6) is 0 Å². The first-order valence-electron chi connectivity index (χ1n) is 7.07. The number of carboxylic acid groups (broad SMARTS) is 1. The molecule has 1 aliphatic heterocycles. The van der Waals surface area contributed by atoms with E-state index >= 15 is 0 Å². The molecule has 0 bridgehead atoms. The van der Waals surface area contributed by atoms with Crippen LogP contribution in [0, 0.1) is 5.92 Å². The van der Waals surface area contributed by atoms with Gasteiger partial charge in [-0.2, -0.15) is 5.10 Å². The van der Waals surface area contributed by atoms with Crippen LogP contribution in [0.15, 0.2) is 6.20 Å². The molecule has 0 saturated carbocycles. The summed E-state index contributed by atoms with van der Waals surface area (Å²) in [5.41, 5.74) is 1.43. The van der Waals surface area contributed by atoms with Crippen LogP contribution < -0.4 is 5.32 Å². The Hall–Kier alpha value is -1.85. The predicted octanol–water partition coefficient (Wildman–Crippen LogP) is 1.45. The van der Waals surface area contributed by atoms with Gasteiger partial charge in [-0.15, -0.1) is 0 Å². The highest BCUT2D eigenvalue weighted by atomic mass is 16.4. The van der Waals surface area contributed by atoms with Crippen LogP contribution in [0.2, 0.25) is 0 Å². The van der Waals surface area contributed by atoms with Gasteiger partial charge in [-0.3, -0.25) is 9.48 Å². The van der Waals surface area contributed by atoms with E-state index in [1.807, 2.05) is 18.5 Å². The Morgan fingerprint density at radius 2 is 2.20 bits per heavy atom. The highest BCUT2D eigenvalue weighted by molar-refractivity contribution is 5.97. The second-order valence-electron chi connectivity index (χ2n) is 5.68. The Balaban J connectivity index is 2.10. The minimum atomic E-state index is -0.993. The third kappa shape index (κ3) is 3.18. The van der Waals surface area contributed by atoms with Crippen molar-refractivity contribution in [3.63, 3.8) is 0 Å². The monoisotopic (exact) mass is 279 g/mol. The van der Waals surface area contributed by atoms with Gasteiger partial charge < -0.3 is 10.4 Å². The van der Waals surface area contributed by atoms with E-state index in [1.54, 1.807) is 6.20 Å². The van der Waals surface area contributed by atoms with Crippen molar-refractivity contribution in [3.8, 4) is 0 Å². The van der Waals surface area contributed by atoms with E-state index in [0.29, 0.717) is 12.0 Å². The van der Waals surface area contributed by atoms with Gasteiger partial charge in [-0.25, -0.2) is 4.79 Å². The number of carbonyl (C=O) groups excluding carboxylic acids is 1. The number of hydrogen-bond acceptors (Lipinski definition) is 3. The van der Waals surface area contributed by atoms with Crippen molar-refractivity contribution < 1.29 is 14.7 Å². The molecule has 2 heterocycles. The fraction of sp³-hybridized carbons (Fsp3) is 0.643. The molecule has 0 fully saturated rings. The maximum atomic E-state index is 12.2. The number of nitrogens with one attached hydrogen (secondary N) is 1. The zero-order valence-electron chi connectivity index (χ0n) is 11.9. The number of aryl methyl sites for hydroxylation is 1. The molecule has 20 heavy (non-hydrogen) atoms. The zero-order valence-corrected chi connectivity index (χ0v) is 11.9. The molecule has 0 saturated heterocycles. The molecule has 1 unspecified atom stereocenters. The lowest BCUT2D eigenvalue weighted by atomic mass is 10.0. The summed E-state index contributed by atoms with van der Waals surface area (Å²) in [6.45, 7) is 4.70. The van der Waals surface area contributed by atoms with Gasteiger partial charge in [-0.05, 0) is 31.6 Å². The fourth-order valence-corrected chi connectivity index (χ4v) is 2.54. The molecule has 0 aliphatic carbocycles. The van der Waals surface area contributed by atoms with E-state index < -0.39 is 12.0 Å². The number of rotatable bonds is 5. The molecule has 1 aromatic heterocycles. The van der Waals surface area contributed by atoms with E-state index in [0.717, 1.165) is 31.5 Å². The third-order valence-electron chi connectivity index (χ3n) is 3.54. The minimum Gasteiger partial charge on any atom is -0.480 e. The van der Waals surface area contributed by atoms with Crippen LogP contribution in [0.1, 0.15) is 49.2 Å². The first-order chi connectivity index (χ1) is 9.49. The molecule has 6 nitrogen and oxygen atoms in total. The maximum Gasteiger partial charge on any atom is 0.326 e. The quantitative estimate of drug-likeness (QED) is 0.854. The van der Waals surface area contributed by atoms with E-state index in [9.17, 15) is 14.7 Å². The summed E-state index contributed by atoms with van der Waals surface area (Å²) < 4.78 is 1.84. The summed E-state index contributed by atoms with van der Waals surface area (Å²) in [7, 11) is 0. The molecular formula is C14H21N3O3. The highest BCUT2D eigenvalue weighted by Gasteiger charge is 2.25. The predicted molar refractivity (Wildman–Crippen MR) is 73.5 cm³/mol. The minimum absolute atomic E-state index is 0.206. The molecule has 1 aliphatic rings. The standard InChI is InChI=1S/C14H21N3O3/c1-9(2)7-11(14(19)20)16-13(18)10-8-15-17-6-4-3-5-12(10)17/h8-9,11H,3-7H2,1-2H3,(H,16,18)(H,19,20). The van der Waals surface area contributed by atoms with Gasteiger partial charge in [0.1, 0.15) is 6.04 Å². The topological polar surface area (TPSA) is 84.2 Å². The van der Waals surface area contributed by atoms with Crippen LogP contribution >= 0.6 is 0 Å². The van der Waals surface area contributed by atoms with E-state index in [4.69, 9.17) is 0 Å². The second kappa shape index (κ2) is 6.07. The summed E-state index contributed by atoms with van der Waals surface area (Å²) >= 11 is 0. The number of carboxylic acids is 1. The van der Waals surface area contributed by atoms with Crippen molar-refractivity contribution in [3.05, 3.63) is 17.5 Å². The van der Waals surface area contributed by atoms with Crippen molar-refractivity contribution in [1.29, 1.82) is 0 Å². The van der Waals surface area contributed by atoms with Crippen LogP contribution in [-0.2, 0) is 17.8 Å². The molecule has 1 aromatic rings. The molecule has 0 spiro atoms. The molecule has 0 radical (unpaired) electrons. The lowest BCUT2D eigenvalue weighted by Crippen LogP contribution is -2.41. The Morgan fingerprint density at radius 3 is 2.85 bits per heavy atom. The highest BCUT2D eigenvalue weighted by Crippen LogP contribution is 2.18. The Morgan fingerprint density at radius 1 is 1.45 bits per heavy atom. The maximum absolute atomic E-state index is 12.2. The molecule has 6 heteroatoms. The van der Waals surface area contributed by atoms with Gasteiger partial charge in [0, 0.05) is 6.54 Å². The van der Waals surface area contributed by atoms with Gasteiger partial charge in [-0.1, -0.05) is 13.8 Å². The Kier molecular flexibility index (Phi) is 4.42. The second-order valence-corrected chi connectivity index (χ2v) is 5.68. The molecule has 110 valence electrons. The number of aliphatic carboxylic acids is 1. The van der Waals surface area contributed by atoms with Crippen LogP contribution in [0.4, 0.5) is 0 Å². The first kappa shape index (κ1) is 14.6. The van der Waals surface area contributed by atoms with Crippen LogP contribution in [0.25, 0.3) is 0 Å². The average Bonchev–Trinajstić information content (AvgIpc) is 2.81. The number of nitrogens with zero attached hydrogens (tertiary/aromatic N) is 2. The summed E-state index contributed by atoms with van der Waals surface area (Å²) in [6, 6.07) is -0.846. The normalized spacial score (nSPS) is 15.8. The average molecular weight is 279 g/mol.